The van der Waals surface area contributed by atoms with Gasteiger partial charge in [0.25, 0.3) is 0 Å². The lowest BCUT2D eigenvalue weighted by Crippen LogP contribution is -2.37. The molecular weight excluding hydrogens is 312 g/mol. The van der Waals surface area contributed by atoms with Gasteiger partial charge in [0.05, 0.1) is 25.4 Å². The Morgan fingerprint density at radius 2 is 1.04 bits per heavy atom. The lowest BCUT2D eigenvalue weighted by molar-refractivity contribution is -0.118. The van der Waals surface area contributed by atoms with E-state index in [1.807, 2.05) is 0 Å². The second-order valence-electron chi connectivity index (χ2n) is 7.15. The van der Waals surface area contributed by atoms with Crippen LogP contribution >= 0.6 is 0 Å². The average Bonchev–Trinajstić information content (AvgIpc) is 2.64. The Kier molecular flexibility index (Phi) is 8.32. The van der Waals surface area contributed by atoms with E-state index in [0.29, 0.717) is 0 Å². The zero-order valence-electron chi connectivity index (χ0n) is 14.2. The minimum absolute atomic E-state index is 0.0580. The number of ether oxygens (including phenoxy) is 2. The van der Waals surface area contributed by atoms with E-state index in [4.69, 9.17) is 9.47 Å². The molecule has 2 fully saturated rings. The Labute approximate surface area is 143 Å². The van der Waals surface area contributed by atoms with Crippen molar-refractivity contribution in [2.45, 2.75) is 75.8 Å². The molecule has 24 heavy (non-hydrogen) atoms. The molecule has 0 spiro atoms. The molecule has 0 saturated heterocycles. The van der Waals surface area contributed by atoms with Gasteiger partial charge in [0, 0.05) is 11.8 Å². The van der Waals surface area contributed by atoms with Crippen LogP contribution in [0.25, 0.3) is 0 Å². The molecule has 0 heterocycles. The van der Waals surface area contributed by atoms with Gasteiger partial charge in [0.1, 0.15) is 24.8 Å². The van der Waals surface area contributed by atoms with E-state index in [1.54, 1.807) is 0 Å². The minimum atomic E-state index is -0.972. The summed E-state index contributed by atoms with van der Waals surface area (Å²) >= 11 is 0. The predicted molar refractivity (Wildman–Crippen MR) is 87.5 cm³/mol. The maximum atomic E-state index is 10.7. The Morgan fingerprint density at radius 1 is 0.708 bits per heavy atom. The molecule has 0 aromatic rings. The molecular formula is C18H30O6. The second-order valence-corrected chi connectivity index (χ2v) is 7.15. The molecule has 2 aliphatic carbocycles. The number of carbonyl (C=O) groups excluding carboxylic acids is 2. The van der Waals surface area contributed by atoms with Crippen LogP contribution in [-0.2, 0) is 19.1 Å². The van der Waals surface area contributed by atoms with E-state index >= 15 is 0 Å². The molecule has 2 atom stereocenters. The molecule has 2 N–H and O–H groups in total. The van der Waals surface area contributed by atoms with Crippen LogP contribution < -0.4 is 0 Å². The van der Waals surface area contributed by atoms with Crippen LogP contribution in [0.15, 0.2) is 0 Å². The van der Waals surface area contributed by atoms with E-state index in [9.17, 15) is 19.8 Å². The summed E-state index contributed by atoms with van der Waals surface area (Å²) in [7, 11) is 0. The smallest absolute Gasteiger partial charge is 0.123 e. The quantitative estimate of drug-likeness (QED) is 0.613. The van der Waals surface area contributed by atoms with Gasteiger partial charge in [0.2, 0.25) is 0 Å². The highest BCUT2D eigenvalue weighted by Gasteiger charge is 2.26. The largest absolute Gasteiger partial charge is 0.388 e. The molecule has 0 aromatic carbocycles. The van der Waals surface area contributed by atoms with E-state index in [0.717, 1.165) is 63.9 Å². The molecule has 138 valence electrons. The summed E-state index contributed by atoms with van der Waals surface area (Å²) in [5, 5.41) is 20.0. The average molecular weight is 342 g/mol. The summed E-state index contributed by atoms with van der Waals surface area (Å²) < 4.78 is 11.3. The summed E-state index contributed by atoms with van der Waals surface area (Å²) in [6.45, 7) is 0.164. The Bertz CT molecular complexity index is 336. The first kappa shape index (κ1) is 19.5. The Hall–Kier alpha value is -0.820. The highest BCUT2D eigenvalue weighted by Crippen LogP contribution is 2.26. The molecule has 2 rings (SSSR count). The maximum Gasteiger partial charge on any atom is 0.123 e. The van der Waals surface area contributed by atoms with Crippen molar-refractivity contribution in [2.75, 3.05) is 13.2 Å². The van der Waals surface area contributed by atoms with Gasteiger partial charge in [-0.2, -0.15) is 0 Å². The number of aliphatic hydroxyl groups excluding tert-OH is 2. The van der Waals surface area contributed by atoms with E-state index in [2.05, 4.69) is 0 Å². The van der Waals surface area contributed by atoms with Gasteiger partial charge in [-0.1, -0.05) is 0 Å². The van der Waals surface area contributed by atoms with Crippen LogP contribution in [0.2, 0.25) is 0 Å². The Morgan fingerprint density at radius 3 is 1.33 bits per heavy atom. The highest BCUT2D eigenvalue weighted by atomic mass is 16.5. The van der Waals surface area contributed by atoms with Gasteiger partial charge in [-0.3, -0.25) is 0 Å². The molecule has 0 aromatic heterocycles. The van der Waals surface area contributed by atoms with Crippen LogP contribution in [0.3, 0.4) is 0 Å². The van der Waals surface area contributed by atoms with Crippen LogP contribution in [-0.4, -0.2) is 60.4 Å². The first-order valence-electron chi connectivity index (χ1n) is 9.12. The molecule has 6 heteroatoms. The first-order valence-corrected chi connectivity index (χ1v) is 9.12. The molecule has 2 aliphatic rings. The van der Waals surface area contributed by atoms with Crippen molar-refractivity contribution in [2.24, 2.45) is 11.8 Å². The van der Waals surface area contributed by atoms with Crippen LogP contribution in [0.1, 0.15) is 51.4 Å². The number of hydrogen-bond donors (Lipinski definition) is 2. The lowest BCUT2D eigenvalue weighted by atomic mass is 9.88. The van der Waals surface area contributed by atoms with Crippen molar-refractivity contribution in [3.8, 4) is 0 Å². The first-order chi connectivity index (χ1) is 11.6. The van der Waals surface area contributed by atoms with E-state index < -0.39 is 12.2 Å². The third-order valence-corrected chi connectivity index (χ3v) is 5.27. The highest BCUT2D eigenvalue weighted by molar-refractivity contribution is 5.53. The summed E-state index contributed by atoms with van der Waals surface area (Å²) in [4.78, 5) is 21.4. The van der Waals surface area contributed by atoms with E-state index in [1.165, 1.54) is 0 Å². The summed E-state index contributed by atoms with van der Waals surface area (Å²) in [5.41, 5.74) is 0. The van der Waals surface area contributed by atoms with Crippen molar-refractivity contribution in [3.63, 3.8) is 0 Å². The number of carbonyl (C=O) groups is 2. The molecule has 2 unspecified atom stereocenters. The van der Waals surface area contributed by atoms with Crippen LogP contribution in [0.4, 0.5) is 0 Å². The van der Waals surface area contributed by atoms with Gasteiger partial charge < -0.3 is 29.3 Å². The number of rotatable bonds is 9. The number of aldehydes is 2. The van der Waals surface area contributed by atoms with E-state index in [-0.39, 0.29) is 37.3 Å². The SMILES string of the molecule is O=CC1CCC(OCC(O)C(O)COC2CCC(C=O)CC2)CC1. The molecule has 0 radical (unpaired) electrons. The summed E-state index contributed by atoms with van der Waals surface area (Å²) in [6, 6.07) is 0. The monoisotopic (exact) mass is 342 g/mol. The maximum absolute atomic E-state index is 10.7. The lowest BCUT2D eigenvalue weighted by Gasteiger charge is -2.29. The topological polar surface area (TPSA) is 93.1 Å². The van der Waals surface area contributed by atoms with Gasteiger partial charge in [0.15, 0.2) is 0 Å². The van der Waals surface area contributed by atoms with Crippen molar-refractivity contribution in [1.82, 2.24) is 0 Å². The third-order valence-electron chi connectivity index (χ3n) is 5.27. The zero-order valence-corrected chi connectivity index (χ0v) is 14.2. The van der Waals surface area contributed by atoms with Crippen molar-refractivity contribution in [1.29, 1.82) is 0 Å². The Balaban J connectivity index is 1.58. The predicted octanol–water partition coefficient (Wildman–Crippen LogP) is 1.26. The van der Waals surface area contributed by atoms with Gasteiger partial charge in [-0.25, -0.2) is 0 Å². The van der Waals surface area contributed by atoms with Crippen molar-refractivity contribution >= 4 is 12.6 Å². The third kappa shape index (κ3) is 6.24. The van der Waals surface area contributed by atoms with Crippen LogP contribution in [0, 0.1) is 11.8 Å². The van der Waals surface area contributed by atoms with Crippen LogP contribution in [0.5, 0.6) is 0 Å². The summed E-state index contributed by atoms with van der Waals surface area (Å²) in [5.74, 6) is 0.283. The normalized spacial score (nSPS) is 33.6. The molecule has 6 nitrogen and oxygen atoms in total. The molecule has 0 amide bonds. The standard InChI is InChI=1S/C18H30O6/c19-9-13-1-5-15(6-2-13)23-11-17(21)18(22)12-24-16-7-3-14(10-20)4-8-16/h9-10,13-18,21-22H,1-8,11-12H2. The van der Waals surface area contributed by atoms with Gasteiger partial charge in [-0.15, -0.1) is 0 Å². The number of hydrogen-bond acceptors (Lipinski definition) is 6. The van der Waals surface area contributed by atoms with Crippen molar-refractivity contribution < 1.29 is 29.3 Å². The minimum Gasteiger partial charge on any atom is -0.388 e. The molecule has 0 aliphatic heterocycles. The molecule has 0 bridgehead atoms. The van der Waals surface area contributed by atoms with Gasteiger partial charge in [-0.05, 0) is 51.4 Å². The zero-order chi connectivity index (χ0) is 17.4. The van der Waals surface area contributed by atoms with Gasteiger partial charge >= 0.3 is 0 Å². The second kappa shape index (κ2) is 10.2. The summed E-state index contributed by atoms with van der Waals surface area (Å²) in [6.07, 6.45) is 6.81. The fourth-order valence-electron chi connectivity index (χ4n) is 3.47. The molecule has 2 saturated carbocycles. The van der Waals surface area contributed by atoms with Crippen molar-refractivity contribution in [3.05, 3.63) is 0 Å². The fraction of sp³-hybridized carbons (Fsp3) is 0.889. The fourth-order valence-corrected chi connectivity index (χ4v) is 3.47. The number of aliphatic hydroxyl groups is 2.